The number of nitrogens with zero attached hydrogens (tertiary/aromatic N) is 4. The van der Waals surface area contributed by atoms with Crippen molar-refractivity contribution in [1.29, 1.82) is 0 Å². The second kappa shape index (κ2) is 7.68. The molecule has 150 valence electrons. The molecule has 1 aromatic carbocycles. The Morgan fingerprint density at radius 2 is 1.93 bits per heavy atom. The number of ether oxygens (including phenoxy) is 1. The topological polar surface area (TPSA) is 58.6 Å². The Balaban J connectivity index is 1.35. The number of thiophene rings is 1. The van der Waals surface area contributed by atoms with Gasteiger partial charge in [0.15, 0.2) is 0 Å². The van der Waals surface area contributed by atoms with Gasteiger partial charge in [-0.25, -0.2) is 14.4 Å². The highest BCUT2D eigenvalue weighted by molar-refractivity contribution is 7.22. The lowest BCUT2D eigenvalue weighted by atomic mass is 10.2. The molecule has 0 bridgehead atoms. The zero-order valence-corrected chi connectivity index (χ0v) is 16.7. The van der Waals surface area contributed by atoms with Crippen LogP contribution in [-0.4, -0.2) is 59.7 Å². The molecule has 0 aliphatic carbocycles. The summed E-state index contributed by atoms with van der Waals surface area (Å²) in [6.07, 6.45) is 3.11. The SMILES string of the molecule is O=C([C@H]1CCCO1)N1CCN(c2ncnc3cc(-c4ccc(F)cc4)sc23)CC1. The molecule has 0 unspecified atom stereocenters. The van der Waals surface area contributed by atoms with Crippen LogP contribution in [-0.2, 0) is 9.53 Å². The number of carbonyl (C=O) groups excluding carboxylic acids is 1. The summed E-state index contributed by atoms with van der Waals surface area (Å²) in [5, 5.41) is 0. The second-order valence-electron chi connectivity index (χ2n) is 7.34. The van der Waals surface area contributed by atoms with Gasteiger partial charge in [0, 0.05) is 37.7 Å². The Bertz CT molecular complexity index is 1020. The van der Waals surface area contributed by atoms with E-state index < -0.39 is 0 Å². The number of aromatic nitrogens is 2. The van der Waals surface area contributed by atoms with E-state index in [0.717, 1.165) is 52.4 Å². The van der Waals surface area contributed by atoms with E-state index in [0.29, 0.717) is 19.7 Å². The molecule has 0 radical (unpaired) electrons. The van der Waals surface area contributed by atoms with Crippen molar-refractivity contribution < 1.29 is 13.9 Å². The first kappa shape index (κ1) is 18.4. The fraction of sp³-hybridized carbons (Fsp3) is 0.381. The highest BCUT2D eigenvalue weighted by Crippen LogP contribution is 2.37. The van der Waals surface area contributed by atoms with E-state index in [2.05, 4.69) is 14.9 Å². The van der Waals surface area contributed by atoms with Crippen molar-refractivity contribution in [3.63, 3.8) is 0 Å². The number of carbonyl (C=O) groups is 1. The molecule has 2 saturated heterocycles. The summed E-state index contributed by atoms with van der Waals surface area (Å²) in [6.45, 7) is 3.48. The van der Waals surface area contributed by atoms with Crippen molar-refractivity contribution in [3.05, 3.63) is 42.5 Å². The molecule has 6 nitrogen and oxygen atoms in total. The third-order valence-corrected chi connectivity index (χ3v) is 6.69. The highest BCUT2D eigenvalue weighted by Gasteiger charge is 2.31. The van der Waals surface area contributed by atoms with Gasteiger partial charge in [0.25, 0.3) is 5.91 Å². The number of hydrogen-bond acceptors (Lipinski definition) is 6. The van der Waals surface area contributed by atoms with Crippen LogP contribution in [0, 0.1) is 5.82 Å². The van der Waals surface area contributed by atoms with Crippen molar-refractivity contribution in [2.75, 3.05) is 37.7 Å². The van der Waals surface area contributed by atoms with Crippen LogP contribution in [0.2, 0.25) is 0 Å². The first-order chi connectivity index (χ1) is 14.2. The standard InChI is InChI=1S/C21H21FN4O2S/c22-15-5-3-14(4-6-15)18-12-16-19(29-18)20(24-13-23-16)25-7-9-26(10-8-25)21(27)17-2-1-11-28-17/h3-6,12-13,17H,1-2,7-11H2/t17-/m1/s1. The number of amides is 1. The molecular formula is C21H21FN4O2S. The number of halogens is 1. The molecule has 4 heterocycles. The number of hydrogen-bond donors (Lipinski definition) is 0. The average Bonchev–Trinajstić information content (AvgIpc) is 3.44. The number of benzene rings is 1. The quantitative estimate of drug-likeness (QED) is 0.661. The van der Waals surface area contributed by atoms with E-state index >= 15 is 0 Å². The molecule has 29 heavy (non-hydrogen) atoms. The molecule has 2 aliphatic rings. The molecule has 2 aliphatic heterocycles. The largest absolute Gasteiger partial charge is 0.368 e. The molecule has 2 fully saturated rings. The van der Waals surface area contributed by atoms with Crippen LogP contribution >= 0.6 is 11.3 Å². The van der Waals surface area contributed by atoms with E-state index in [1.165, 1.54) is 12.1 Å². The first-order valence-electron chi connectivity index (χ1n) is 9.85. The summed E-state index contributed by atoms with van der Waals surface area (Å²) >= 11 is 1.61. The Morgan fingerprint density at radius 1 is 1.14 bits per heavy atom. The number of anilines is 1. The fourth-order valence-electron chi connectivity index (χ4n) is 3.94. The first-order valence-corrected chi connectivity index (χ1v) is 10.7. The van der Waals surface area contributed by atoms with Gasteiger partial charge in [-0.2, -0.15) is 0 Å². The number of rotatable bonds is 3. The maximum Gasteiger partial charge on any atom is 0.251 e. The van der Waals surface area contributed by atoms with Gasteiger partial charge in [-0.3, -0.25) is 4.79 Å². The lowest BCUT2D eigenvalue weighted by Gasteiger charge is -2.36. The van der Waals surface area contributed by atoms with Crippen LogP contribution in [0.5, 0.6) is 0 Å². The predicted octanol–water partition coefficient (Wildman–Crippen LogP) is 3.33. The Hall–Kier alpha value is -2.58. The van der Waals surface area contributed by atoms with Crippen LogP contribution in [0.3, 0.4) is 0 Å². The molecule has 1 atom stereocenters. The summed E-state index contributed by atoms with van der Waals surface area (Å²) < 4.78 is 19.8. The van der Waals surface area contributed by atoms with Gasteiger partial charge in [-0.05, 0) is 36.6 Å². The van der Waals surface area contributed by atoms with E-state index in [1.807, 2.05) is 11.0 Å². The van der Waals surface area contributed by atoms with Crippen molar-refractivity contribution in [1.82, 2.24) is 14.9 Å². The zero-order chi connectivity index (χ0) is 19.8. The van der Waals surface area contributed by atoms with Crippen LogP contribution in [0.15, 0.2) is 36.7 Å². The lowest BCUT2D eigenvalue weighted by molar-refractivity contribution is -0.141. The fourth-order valence-corrected chi connectivity index (χ4v) is 5.07. The minimum absolute atomic E-state index is 0.115. The van der Waals surface area contributed by atoms with Crippen molar-refractivity contribution in [3.8, 4) is 10.4 Å². The third-order valence-electron chi connectivity index (χ3n) is 5.52. The number of fused-ring (bicyclic) bond motifs is 1. The van der Waals surface area contributed by atoms with Gasteiger partial charge >= 0.3 is 0 Å². The summed E-state index contributed by atoms with van der Waals surface area (Å²) in [5.41, 5.74) is 1.85. The average molecular weight is 412 g/mol. The third kappa shape index (κ3) is 3.58. The monoisotopic (exact) mass is 412 g/mol. The minimum Gasteiger partial charge on any atom is -0.368 e. The van der Waals surface area contributed by atoms with Gasteiger partial charge in [0.1, 0.15) is 24.1 Å². The van der Waals surface area contributed by atoms with Gasteiger partial charge in [0.2, 0.25) is 0 Å². The Morgan fingerprint density at radius 3 is 2.66 bits per heavy atom. The van der Waals surface area contributed by atoms with E-state index in [1.54, 1.807) is 29.8 Å². The van der Waals surface area contributed by atoms with E-state index in [9.17, 15) is 9.18 Å². The molecule has 5 rings (SSSR count). The molecule has 2 aromatic heterocycles. The van der Waals surface area contributed by atoms with Crippen molar-refractivity contribution in [2.24, 2.45) is 0 Å². The van der Waals surface area contributed by atoms with Gasteiger partial charge < -0.3 is 14.5 Å². The van der Waals surface area contributed by atoms with Gasteiger partial charge in [-0.15, -0.1) is 11.3 Å². The second-order valence-corrected chi connectivity index (χ2v) is 8.40. The zero-order valence-electron chi connectivity index (χ0n) is 15.9. The molecule has 0 saturated carbocycles. The van der Waals surface area contributed by atoms with Crippen LogP contribution in [0.1, 0.15) is 12.8 Å². The summed E-state index contributed by atoms with van der Waals surface area (Å²) in [4.78, 5) is 26.7. The lowest BCUT2D eigenvalue weighted by Crippen LogP contribution is -2.51. The summed E-state index contributed by atoms with van der Waals surface area (Å²) in [6, 6.07) is 8.52. The molecule has 0 N–H and O–H groups in total. The van der Waals surface area contributed by atoms with Crippen molar-refractivity contribution >= 4 is 33.3 Å². The highest BCUT2D eigenvalue weighted by atomic mass is 32.1. The van der Waals surface area contributed by atoms with Crippen molar-refractivity contribution in [2.45, 2.75) is 18.9 Å². The minimum atomic E-state index is -0.261. The van der Waals surface area contributed by atoms with E-state index in [4.69, 9.17) is 4.74 Å². The molecule has 8 heteroatoms. The van der Waals surface area contributed by atoms with Crippen LogP contribution in [0.25, 0.3) is 20.7 Å². The van der Waals surface area contributed by atoms with E-state index in [-0.39, 0.29) is 17.8 Å². The van der Waals surface area contributed by atoms with Crippen LogP contribution in [0.4, 0.5) is 10.2 Å². The summed E-state index contributed by atoms with van der Waals surface area (Å²) in [7, 11) is 0. The van der Waals surface area contributed by atoms with Crippen LogP contribution < -0.4 is 4.90 Å². The molecule has 3 aromatic rings. The molecule has 1 amide bonds. The Labute approximate surface area is 171 Å². The summed E-state index contributed by atoms with van der Waals surface area (Å²) in [5.74, 6) is 0.771. The maximum absolute atomic E-state index is 13.2. The number of piperazine rings is 1. The van der Waals surface area contributed by atoms with Gasteiger partial charge in [-0.1, -0.05) is 12.1 Å². The normalized spacial score (nSPS) is 19.8. The smallest absolute Gasteiger partial charge is 0.251 e. The van der Waals surface area contributed by atoms with Gasteiger partial charge in [0.05, 0.1) is 10.2 Å². The Kier molecular flexibility index (Phi) is 4.89. The predicted molar refractivity (Wildman–Crippen MR) is 111 cm³/mol. The molecule has 0 spiro atoms. The maximum atomic E-state index is 13.2. The molecular weight excluding hydrogens is 391 g/mol.